The zero-order valence-corrected chi connectivity index (χ0v) is 22.5. The Balaban J connectivity index is 0.00000385. The topological polar surface area (TPSA) is 108 Å². The maximum absolute atomic E-state index is 13.0. The van der Waals surface area contributed by atoms with Crippen molar-refractivity contribution in [3.63, 3.8) is 0 Å². The molecule has 1 saturated heterocycles. The summed E-state index contributed by atoms with van der Waals surface area (Å²) < 4.78 is 25.6. The van der Waals surface area contributed by atoms with Gasteiger partial charge in [-0.3, -0.25) is 19.1 Å². The molecule has 0 saturated carbocycles. The number of rotatable bonds is 9. The molecule has 9 nitrogen and oxygen atoms in total. The summed E-state index contributed by atoms with van der Waals surface area (Å²) in [5.41, 5.74) is -0.326. The van der Waals surface area contributed by atoms with Gasteiger partial charge in [-0.25, -0.2) is 9.37 Å². The van der Waals surface area contributed by atoms with E-state index in [0.29, 0.717) is 18.7 Å². The third kappa shape index (κ3) is 8.37. The Morgan fingerprint density at radius 3 is 2.33 bits per heavy atom. The Labute approximate surface area is 218 Å². The van der Waals surface area contributed by atoms with Crippen LogP contribution in [0.4, 0.5) is 4.39 Å². The predicted molar refractivity (Wildman–Crippen MR) is 120 cm³/mol. The van der Waals surface area contributed by atoms with E-state index >= 15 is 0 Å². The van der Waals surface area contributed by atoms with E-state index in [1.165, 1.54) is 35.2 Å². The number of nitrogens with one attached hydrogen (secondary N) is 1. The van der Waals surface area contributed by atoms with Crippen LogP contribution in [-0.2, 0) is 50.4 Å². The number of hydrogen-bond acceptors (Lipinski definition) is 7. The van der Waals surface area contributed by atoms with E-state index in [4.69, 9.17) is 0 Å². The molecule has 12 heteroatoms. The van der Waals surface area contributed by atoms with Crippen molar-refractivity contribution < 1.29 is 51.6 Å². The van der Waals surface area contributed by atoms with Crippen LogP contribution in [0, 0.1) is 5.82 Å². The molecule has 3 rings (SSSR count). The minimum Gasteiger partial charge on any atom is -0.501 e. The molecule has 33 heavy (non-hydrogen) atoms. The molecule has 1 aliphatic heterocycles. The first-order chi connectivity index (χ1) is 15.3. The fourth-order valence-corrected chi connectivity index (χ4v) is 4.10. The molecule has 1 amide bonds. The molecule has 0 bridgehead atoms. The van der Waals surface area contributed by atoms with E-state index in [1.54, 1.807) is 6.66 Å². The van der Waals surface area contributed by atoms with Gasteiger partial charge in [-0.1, -0.05) is 12.1 Å². The quantitative estimate of drug-likeness (QED) is 0.443. The monoisotopic (exact) mass is 554 g/mol. The van der Waals surface area contributed by atoms with Gasteiger partial charge in [0, 0.05) is 91.2 Å². The summed E-state index contributed by atoms with van der Waals surface area (Å²) in [4.78, 5) is 33.3. The first-order valence-corrected chi connectivity index (χ1v) is 12.7. The van der Waals surface area contributed by atoms with Crippen molar-refractivity contribution in [3.8, 4) is 5.75 Å². The standard InChI is InChI=1S/C21H29FN5O4P.Y/c1-32(31)13-12-26-8-6-25(7-9-26)10-11-27-15-24-18(19(28)21(27)30)20(29)23-14-16-2-4-17(22)5-3-16;/h2-5,15,28,32H,6-14H2,1H3,(H,23,29);. The summed E-state index contributed by atoms with van der Waals surface area (Å²) in [6.07, 6.45) is 2.01. The van der Waals surface area contributed by atoms with Gasteiger partial charge in [-0.2, -0.15) is 0 Å². The van der Waals surface area contributed by atoms with Crippen LogP contribution in [-0.4, -0.2) is 82.5 Å². The minimum absolute atomic E-state index is 0. The molecule has 1 aliphatic rings. The Kier molecular flexibility index (Phi) is 11.3. The summed E-state index contributed by atoms with van der Waals surface area (Å²) in [7, 11) is -1.45. The number of aromatic nitrogens is 2. The smallest absolute Gasteiger partial charge is 0.296 e. The van der Waals surface area contributed by atoms with Crippen molar-refractivity contribution in [2.75, 3.05) is 52.1 Å². The average Bonchev–Trinajstić information content (AvgIpc) is 2.79. The molecule has 1 atom stereocenters. The van der Waals surface area contributed by atoms with Crippen molar-refractivity contribution in [2.24, 2.45) is 0 Å². The second-order valence-electron chi connectivity index (χ2n) is 7.88. The molecule has 1 unspecified atom stereocenters. The first kappa shape index (κ1) is 27.8. The summed E-state index contributed by atoms with van der Waals surface area (Å²) in [5.74, 6) is -1.74. The summed E-state index contributed by atoms with van der Waals surface area (Å²) in [6.45, 7) is 7.19. The number of hydrogen-bond donors (Lipinski definition) is 2. The maximum Gasteiger partial charge on any atom is 0.296 e. The Hall–Kier alpha value is -1.45. The molecule has 177 valence electrons. The number of carbonyl (C=O) groups is 1. The molecule has 2 aromatic rings. The van der Waals surface area contributed by atoms with Crippen LogP contribution in [0.2, 0.25) is 0 Å². The van der Waals surface area contributed by atoms with Gasteiger partial charge in [-0.15, -0.1) is 0 Å². The van der Waals surface area contributed by atoms with E-state index in [1.807, 2.05) is 0 Å². The van der Waals surface area contributed by atoms with Crippen molar-refractivity contribution >= 4 is 13.7 Å². The molecule has 0 aliphatic carbocycles. The Morgan fingerprint density at radius 1 is 1.12 bits per heavy atom. The third-order valence-electron chi connectivity index (χ3n) is 5.50. The number of nitrogens with zero attached hydrogens (tertiary/aromatic N) is 4. The van der Waals surface area contributed by atoms with Crippen LogP contribution in [0.1, 0.15) is 16.1 Å². The molecule has 2 N–H and O–H groups in total. The molecule has 1 aromatic heterocycles. The van der Waals surface area contributed by atoms with Crippen molar-refractivity contribution in [3.05, 3.63) is 58.0 Å². The minimum atomic E-state index is -1.45. The van der Waals surface area contributed by atoms with Crippen LogP contribution < -0.4 is 10.9 Å². The average molecular weight is 554 g/mol. The van der Waals surface area contributed by atoms with Gasteiger partial charge in [0.15, 0.2) is 5.69 Å². The van der Waals surface area contributed by atoms with E-state index in [0.717, 1.165) is 38.9 Å². The molecular weight excluding hydrogens is 525 g/mol. The molecule has 2 heterocycles. The third-order valence-corrected chi connectivity index (χ3v) is 6.43. The number of amides is 1. The normalized spacial score (nSPS) is 15.6. The summed E-state index contributed by atoms with van der Waals surface area (Å²) >= 11 is 0. The second-order valence-corrected chi connectivity index (χ2v) is 9.79. The maximum atomic E-state index is 13.0. The zero-order valence-electron chi connectivity index (χ0n) is 18.7. The van der Waals surface area contributed by atoms with Crippen LogP contribution in [0.25, 0.3) is 0 Å². The predicted octanol–water partition coefficient (Wildman–Crippen LogP) is 0.823. The number of piperazine rings is 1. The van der Waals surface area contributed by atoms with Crippen LogP contribution in [0.15, 0.2) is 35.4 Å². The van der Waals surface area contributed by atoms with Crippen molar-refractivity contribution in [1.29, 1.82) is 0 Å². The number of halogens is 1. The summed E-state index contributed by atoms with van der Waals surface area (Å²) in [5, 5.41) is 12.8. The van der Waals surface area contributed by atoms with Crippen molar-refractivity contribution in [1.82, 2.24) is 24.7 Å². The van der Waals surface area contributed by atoms with Gasteiger partial charge in [0.25, 0.3) is 11.5 Å². The van der Waals surface area contributed by atoms with Crippen molar-refractivity contribution in [2.45, 2.75) is 13.1 Å². The molecule has 1 fully saturated rings. The fourth-order valence-electron chi connectivity index (χ4n) is 3.47. The Bertz CT molecular complexity index is 1010. The van der Waals surface area contributed by atoms with Gasteiger partial charge >= 0.3 is 0 Å². The van der Waals surface area contributed by atoms with Crippen LogP contribution >= 0.6 is 7.80 Å². The molecular formula is C21H29FN5O4PY. The number of benzene rings is 1. The SMILES string of the molecule is C[PH](=O)CCN1CCN(CCn2cnc(C(=O)NCc3ccc(F)cc3)c(O)c2=O)CC1.[Y]. The van der Waals surface area contributed by atoms with Crippen LogP contribution in [0.3, 0.4) is 0 Å². The van der Waals surface area contributed by atoms with Gasteiger partial charge in [0.1, 0.15) is 5.82 Å². The van der Waals surface area contributed by atoms with Gasteiger partial charge in [-0.05, 0) is 24.4 Å². The van der Waals surface area contributed by atoms with E-state index in [9.17, 15) is 23.7 Å². The largest absolute Gasteiger partial charge is 0.501 e. The number of aromatic hydroxyl groups is 1. The molecule has 0 spiro atoms. The van der Waals surface area contributed by atoms with Gasteiger partial charge in [0.2, 0.25) is 5.75 Å². The van der Waals surface area contributed by atoms with Gasteiger partial charge < -0.3 is 19.9 Å². The van der Waals surface area contributed by atoms with E-state index in [2.05, 4.69) is 20.1 Å². The summed E-state index contributed by atoms with van der Waals surface area (Å²) in [6, 6.07) is 5.64. The fraction of sp³-hybridized carbons (Fsp3) is 0.476. The van der Waals surface area contributed by atoms with Crippen LogP contribution in [0.5, 0.6) is 5.75 Å². The molecule has 1 radical (unpaired) electrons. The number of carbonyl (C=O) groups excluding carboxylic acids is 1. The first-order valence-electron chi connectivity index (χ1n) is 10.6. The van der Waals surface area contributed by atoms with Gasteiger partial charge in [0.05, 0.1) is 14.1 Å². The second kappa shape index (κ2) is 13.4. The van der Waals surface area contributed by atoms with E-state index < -0.39 is 25.0 Å². The molecule has 1 aromatic carbocycles. The zero-order chi connectivity index (χ0) is 23.1. The Morgan fingerprint density at radius 2 is 1.73 bits per heavy atom. The van der Waals surface area contributed by atoms with E-state index in [-0.39, 0.29) is 50.8 Å².